The largest absolute Gasteiger partial charge is 0.375 e. The van der Waals surface area contributed by atoms with Crippen molar-refractivity contribution >= 4 is 11.6 Å². The van der Waals surface area contributed by atoms with E-state index < -0.39 is 13.0 Å². The Morgan fingerprint density at radius 1 is 1.56 bits per heavy atom. The molecule has 1 N–H and O–H groups in total. The number of halogens is 3. The monoisotopic (exact) mass is 252 g/mol. The molecule has 0 fully saturated rings. The van der Waals surface area contributed by atoms with Gasteiger partial charge in [0.05, 0.1) is 18.2 Å². The molecular formula is C9H11ClF2N2O2. The Bertz CT molecular complexity index is 384. The van der Waals surface area contributed by atoms with Crippen molar-refractivity contribution in [3.05, 3.63) is 27.9 Å². The summed E-state index contributed by atoms with van der Waals surface area (Å²) in [6.07, 6.45) is -2.21. The third kappa shape index (κ3) is 4.67. The van der Waals surface area contributed by atoms with E-state index >= 15 is 0 Å². The standard InChI is InChI=1S/C9H11ClF2N2O2/c10-4-6-3-9(15)14-8(13-6)1-2-16-5-7(11)12/h3,7H,1-2,4-5H2,(H,13,14,15). The summed E-state index contributed by atoms with van der Waals surface area (Å²) in [4.78, 5) is 17.6. The van der Waals surface area contributed by atoms with E-state index in [4.69, 9.17) is 11.6 Å². The van der Waals surface area contributed by atoms with E-state index in [-0.39, 0.29) is 24.5 Å². The van der Waals surface area contributed by atoms with Crippen LogP contribution in [0.2, 0.25) is 0 Å². The second-order valence-corrected chi connectivity index (χ2v) is 3.30. The maximum Gasteiger partial charge on any atom is 0.261 e. The zero-order chi connectivity index (χ0) is 12.0. The van der Waals surface area contributed by atoms with E-state index in [9.17, 15) is 13.6 Å². The number of hydrogen-bond acceptors (Lipinski definition) is 3. The Balaban J connectivity index is 2.47. The average molecular weight is 253 g/mol. The molecule has 1 heterocycles. The maximum absolute atomic E-state index is 11.7. The Morgan fingerprint density at radius 3 is 2.94 bits per heavy atom. The van der Waals surface area contributed by atoms with E-state index in [1.54, 1.807) is 0 Å². The molecule has 0 aliphatic heterocycles. The van der Waals surface area contributed by atoms with Gasteiger partial charge in [-0.2, -0.15) is 0 Å². The molecule has 1 aromatic heterocycles. The highest BCUT2D eigenvalue weighted by Gasteiger charge is 2.03. The Hall–Kier alpha value is -1.01. The highest BCUT2D eigenvalue weighted by molar-refractivity contribution is 6.16. The van der Waals surface area contributed by atoms with Crippen LogP contribution in [-0.2, 0) is 17.0 Å². The Labute approximate surface area is 95.6 Å². The second-order valence-electron chi connectivity index (χ2n) is 3.03. The minimum Gasteiger partial charge on any atom is -0.375 e. The second kappa shape index (κ2) is 6.55. The first-order valence-electron chi connectivity index (χ1n) is 4.63. The first-order valence-corrected chi connectivity index (χ1v) is 5.16. The van der Waals surface area contributed by atoms with Crippen molar-refractivity contribution in [2.45, 2.75) is 18.7 Å². The maximum atomic E-state index is 11.7. The van der Waals surface area contributed by atoms with Crippen LogP contribution in [0.3, 0.4) is 0 Å². The number of H-pyrrole nitrogens is 1. The first kappa shape index (κ1) is 13.1. The van der Waals surface area contributed by atoms with E-state index in [1.807, 2.05) is 0 Å². The van der Waals surface area contributed by atoms with E-state index in [1.165, 1.54) is 6.07 Å². The summed E-state index contributed by atoms with van der Waals surface area (Å²) in [5, 5.41) is 0. The van der Waals surface area contributed by atoms with Crippen LogP contribution in [0.1, 0.15) is 11.5 Å². The van der Waals surface area contributed by atoms with Crippen molar-refractivity contribution in [1.29, 1.82) is 0 Å². The SMILES string of the molecule is O=c1cc(CCl)nc(CCOCC(F)F)[nH]1. The molecular weight excluding hydrogens is 242 g/mol. The minimum atomic E-state index is -2.49. The fraction of sp³-hybridized carbons (Fsp3) is 0.556. The molecule has 0 aromatic carbocycles. The molecule has 1 aromatic rings. The number of alkyl halides is 3. The highest BCUT2D eigenvalue weighted by atomic mass is 35.5. The minimum absolute atomic E-state index is 0.0824. The van der Waals surface area contributed by atoms with Gasteiger partial charge in [-0.1, -0.05) is 0 Å². The van der Waals surface area contributed by atoms with Gasteiger partial charge < -0.3 is 9.72 Å². The number of ether oxygens (including phenoxy) is 1. The summed E-state index contributed by atoms with van der Waals surface area (Å²) in [6, 6.07) is 1.29. The lowest BCUT2D eigenvalue weighted by atomic mass is 10.4. The predicted octanol–water partition coefficient (Wildman–Crippen LogP) is 1.33. The van der Waals surface area contributed by atoms with Crippen molar-refractivity contribution in [3.63, 3.8) is 0 Å². The lowest BCUT2D eigenvalue weighted by Crippen LogP contribution is -2.15. The fourth-order valence-corrected chi connectivity index (χ4v) is 1.23. The van der Waals surface area contributed by atoms with E-state index in [0.717, 1.165) is 0 Å². The molecule has 0 aliphatic carbocycles. The van der Waals surface area contributed by atoms with Gasteiger partial charge in [0.25, 0.3) is 12.0 Å². The zero-order valence-corrected chi connectivity index (χ0v) is 9.14. The van der Waals surface area contributed by atoms with Gasteiger partial charge in [-0.15, -0.1) is 11.6 Å². The normalized spacial score (nSPS) is 11.0. The van der Waals surface area contributed by atoms with Crippen LogP contribution in [-0.4, -0.2) is 29.6 Å². The fourth-order valence-electron chi connectivity index (χ4n) is 1.09. The lowest BCUT2D eigenvalue weighted by molar-refractivity contribution is 0.0182. The van der Waals surface area contributed by atoms with Gasteiger partial charge in [0, 0.05) is 12.5 Å². The summed E-state index contributed by atoms with van der Waals surface area (Å²) in [7, 11) is 0. The van der Waals surface area contributed by atoms with Crippen molar-refractivity contribution < 1.29 is 13.5 Å². The van der Waals surface area contributed by atoms with Gasteiger partial charge in [0.1, 0.15) is 12.4 Å². The van der Waals surface area contributed by atoms with Crippen LogP contribution < -0.4 is 5.56 Å². The van der Waals surface area contributed by atoms with Crippen LogP contribution >= 0.6 is 11.6 Å². The highest BCUT2D eigenvalue weighted by Crippen LogP contribution is 1.98. The predicted molar refractivity (Wildman–Crippen MR) is 54.9 cm³/mol. The van der Waals surface area contributed by atoms with Crippen LogP contribution in [0.4, 0.5) is 8.78 Å². The van der Waals surface area contributed by atoms with Crippen molar-refractivity contribution in [2.24, 2.45) is 0 Å². The van der Waals surface area contributed by atoms with Gasteiger partial charge in [-0.05, 0) is 0 Å². The number of aromatic amines is 1. The third-order valence-corrected chi connectivity index (χ3v) is 1.98. The van der Waals surface area contributed by atoms with Gasteiger partial charge in [-0.25, -0.2) is 13.8 Å². The molecule has 0 bridgehead atoms. The number of nitrogens with zero attached hydrogens (tertiary/aromatic N) is 1. The molecule has 1 rings (SSSR count). The number of nitrogens with one attached hydrogen (secondary N) is 1. The summed E-state index contributed by atoms with van der Waals surface area (Å²) < 4.78 is 28.1. The molecule has 0 unspecified atom stereocenters. The van der Waals surface area contributed by atoms with Crippen LogP contribution in [0.15, 0.2) is 10.9 Å². The molecule has 0 radical (unpaired) electrons. The molecule has 0 atom stereocenters. The van der Waals surface area contributed by atoms with Gasteiger partial charge in [0.15, 0.2) is 0 Å². The lowest BCUT2D eigenvalue weighted by Gasteiger charge is -2.04. The Morgan fingerprint density at radius 2 is 2.31 bits per heavy atom. The number of aromatic nitrogens is 2. The van der Waals surface area contributed by atoms with Crippen molar-refractivity contribution in [1.82, 2.24) is 9.97 Å². The summed E-state index contributed by atoms with van der Waals surface area (Å²) in [5.74, 6) is 0.520. The molecule has 0 spiro atoms. The summed E-state index contributed by atoms with van der Waals surface area (Å²) in [5.41, 5.74) is 0.142. The molecule has 0 saturated heterocycles. The summed E-state index contributed by atoms with van der Waals surface area (Å²) in [6.45, 7) is -0.529. The molecule has 0 aliphatic rings. The number of rotatable bonds is 6. The average Bonchev–Trinajstić information content (AvgIpc) is 2.23. The molecule has 0 saturated carbocycles. The molecule has 16 heavy (non-hydrogen) atoms. The summed E-state index contributed by atoms with van der Waals surface area (Å²) >= 11 is 5.53. The van der Waals surface area contributed by atoms with Crippen molar-refractivity contribution in [2.75, 3.05) is 13.2 Å². The molecule has 4 nitrogen and oxygen atoms in total. The zero-order valence-electron chi connectivity index (χ0n) is 8.38. The van der Waals surface area contributed by atoms with Crippen LogP contribution in [0.25, 0.3) is 0 Å². The van der Waals surface area contributed by atoms with Crippen LogP contribution in [0.5, 0.6) is 0 Å². The smallest absolute Gasteiger partial charge is 0.261 e. The quantitative estimate of drug-likeness (QED) is 0.614. The third-order valence-electron chi connectivity index (χ3n) is 1.71. The van der Waals surface area contributed by atoms with Crippen LogP contribution in [0, 0.1) is 0 Å². The van der Waals surface area contributed by atoms with E-state index in [0.29, 0.717) is 11.5 Å². The molecule has 90 valence electrons. The topological polar surface area (TPSA) is 55.0 Å². The molecule has 0 amide bonds. The first-order chi connectivity index (χ1) is 7.61. The van der Waals surface area contributed by atoms with E-state index in [2.05, 4.69) is 14.7 Å². The van der Waals surface area contributed by atoms with Crippen molar-refractivity contribution in [3.8, 4) is 0 Å². The van der Waals surface area contributed by atoms with Gasteiger partial charge in [0.2, 0.25) is 0 Å². The van der Waals surface area contributed by atoms with Gasteiger partial charge in [-0.3, -0.25) is 4.79 Å². The Kier molecular flexibility index (Phi) is 5.34. The molecule has 7 heteroatoms. The number of hydrogen-bond donors (Lipinski definition) is 1. The van der Waals surface area contributed by atoms with Gasteiger partial charge >= 0.3 is 0 Å².